The molecular weight excluding hydrogens is 216 g/mol. The summed E-state index contributed by atoms with van der Waals surface area (Å²) in [4.78, 5) is 30.1. The quantitative estimate of drug-likeness (QED) is 0.565. The van der Waals surface area contributed by atoms with E-state index in [9.17, 15) is 10.1 Å². The summed E-state index contributed by atoms with van der Waals surface area (Å²) >= 11 is 0. The lowest BCUT2D eigenvalue weighted by Crippen LogP contribution is -1.98. The van der Waals surface area contributed by atoms with Crippen molar-refractivity contribution in [2.24, 2.45) is 0 Å². The number of hydrogen-bond donors (Lipinski definition) is 0. The molecule has 0 atom stereocenters. The Balaban J connectivity index is 0.000000673. The van der Waals surface area contributed by atoms with E-state index >= 15 is 0 Å². The van der Waals surface area contributed by atoms with E-state index in [2.05, 4.69) is 4.98 Å². The Hall–Kier alpha value is -2.27. The third-order valence-corrected chi connectivity index (χ3v) is 1.52. The summed E-state index contributed by atoms with van der Waals surface area (Å²) in [6.45, 7) is 3.92. The molecule has 0 bridgehead atoms. The third kappa shape index (κ3) is 4.30. The van der Waals surface area contributed by atoms with Crippen molar-refractivity contribution in [2.45, 2.75) is 13.8 Å². The summed E-state index contributed by atoms with van der Waals surface area (Å²) in [6, 6.07) is 2.89. The Morgan fingerprint density at radius 2 is 2.06 bits per heavy atom. The summed E-state index contributed by atoms with van der Waals surface area (Å²) in [7, 11) is 0. The Labute approximate surface area is 91.2 Å². The molecule has 0 unspecified atom stereocenters. The van der Waals surface area contributed by atoms with Gasteiger partial charge in [0.2, 0.25) is 5.88 Å². The maximum Gasteiger partial charge on any atom is 0.373 e. The van der Waals surface area contributed by atoms with Crippen molar-refractivity contribution in [3.05, 3.63) is 27.9 Å². The van der Waals surface area contributed by atoms with Crippen LogP contribution in [-0.2, 0) is 9.59 Å². The number of aryl methyl sites for hydroxylation is 1. The minimum atomic E-state index is -0.460. The second-order valence-electron chi connectivity index (χ2n) is 2.53. The van der Waals surface area contributed by atoms with Crippen molar-refractivity contribution in [2.75, 3.05) is 6.61 Å². The van der Waals surface area contributed by atoms with Crippen molar-refractivity contribution in [1.82, 2.24) is 4.98 Å². The van der Waals surface area contributed by atoms with Crippen LogP contribution >= 0.6 is 0 Å². The SMILES string of the molecule is CCOc1ccc([N+](=O)[O-])c(C)n1.O=C=O. The van der Waals surface area contributed by atoms with Gasteiger partial charge in [-0.25, -0.2) is 4.98 Å². The highest BCUT2D eigenvalue weighted by atomic mass is 16.6. The number of pyridine rings is 1. The van der Waals surface area contributed by atoms with Gasteiger partial charge in [-0.15, -0.1) is 0 Å². The lowest BCUT2D eigenvalue weighted by Gasteiger charge is -2.02. The highest BCUT2D eigenvalue weighted by Gasteiger charge is 2.11. The summed E-state index contributed by atoms with van der Waals surface area (Å²) in [6.07, 6.45) is 0.250. The molecule has 0 saturated carbocycles. The van der Waals surface area contributed by atoms with Crippen LogP contribution in [0.3, 0.4) is 0 Å². The van der Waals surface area contributed by atoms with Crippen LogP contribution in [0.2, 0.25) is 0 Å². The number of rotatable bonds is 3. The summed E-state index contributed by atoms with van der Waals surface area (Å²) < 4.78 is 5.09. The second-order valence-corrected chi connectivity index (χ2v) is 2.53. The molecule has 0 amide bonds. The molecule has 0 aliphatic heterocycles. The lowest BCUT2D eigenvalue weighted by molar-refractivity contribution is -0.385. The topological polar surface area (TPSA) is 99.4 Å². The van der Waals surface area contributed by atoms with Gasteiger partial charge in [0, 0.05) is 12.1 Å². The van der Waals surface area contributed by atoms with Crippen molar-refractivity contribution < 1.29 is 19.2 Å². The predicted molar refractivity (Wildman–Crippen MR) is 51.8 cm³/mol. The van der Waals surface area contributed by atoms with E-state index in [0.717, 1.165) is 0 Å². The van der Waals surface area contributed by atoms with Crippen molar-refractivity contribution >= 4 is 11.8 Å². The molecule has 86 valence electrons. The fourth-order valence-electron chi connectivity index (χ4n) is 0.952. The van der Waals surface area contributed by atoms with Gasteiger partial charge >= 0.3 is 6.15 Å². The molecular formula is C9H10N2O5. The van der Waals surface area contributed by atoms with Gasteiger partial charge in [0.25, 0.3) is 5.69 Å². The second kappa shape index (κ2) is 7.08. The first kappa shape index (κ1) is 13.7. The maximum absolute atomic E-state index is 10.4. The smallest absolute Gasteiger partial charge is 0.373 e. The molecule has 1 heterocycles. The molecule has 0 fully saturated rings. The number of aromatic nitrogens is 1. The van der Waals surface area contributed by atoms with Crippen LogP contribution in [0.15, 0.2) is 12.1 Å². The van der Waals surface area contributed by atoms with Gasteiger partial charge in [0.05, 0.1) is 11.5 Å². The van der Waals surface area contributed by atoms with Gasteiger partial charge in [0.15, 0.2) is 0 Å². The molecule has 7 nitrogen and oxygen atoms in total. The minimum absolute atomic E-state index is 0.0171. The molecule has 0 N–H and O–H groups in total. The zero-order valence-corrected chi connectivity index (χ0v) is 8.80. The molecule has 1 rings (SSSR count). The highest BCUT2D eigenvalue weighted by Crippen LogP contribution is 2.18. The van der Waals surface area contributed by atoms with Gasteiger partial charge in [-0.2, -0.15) is 9.59 Å². The van der Waals surface area contributed by atoms with Crippen molar-refractivity contribution in [3.8, 4) is 5.88 Å². The zero-order valence-electron chi connectivity index (χ0n) is 8.80. The molecule has 0 spiro atoms. The Morgan fingerprint density at radius 3 is 2.44 bits per heavy atom. The van der Waals surface area contributed by atoms with Gasteiger partial charge in [0.1, 0.15) is 5.69 Å². The van der Waals surface area contributed by atoms with Gasteiger partial charge in [-0.1, -0.05) is 0 Å². The van der Waals surface area contributed by atoms with E-state index in [1.54, 1.807) is 6.92 Å². The molecule has 0 aliphatic rings. The number of nitro groups is 1. The van der Waals surface area contributed by atoms with Crippen LogP contribution in [0.5, 0.6) is 5.88 Å². The van der Waals surface area contributed by atoms with Crippen LogP contribution in [0.1, 0.15) is 12.6 Å². The number of carbonyl (C=O) groups excluding carboxylic acids is 2. The van der Waals surface area contributed by atoms with Crippen LogP contribution in [0, 0.1) is 17.0 Å². The number of ether oxygens (including phenoxy) is 1. The van der Waals surface area contributed by atoms with E-state index in [4.69, 9.17) is 14.3 Å². The van der Waals surface area contributed by atoms with Gasteiger partial charge in [-0.3, -0.25) is 10.1 Å². The minimum Gasteiger partial charge on any atom is -0.478 e. The number of hydrogen-bond acceptors (Lipinski definition) is 6. The van der Waals surface area contributed by atoms with Crippen LogP contribution in [0.25, 0.3) is 0 Å². The molecule has 1 aromatic rings. The third-order valence-electron chi connectivity index (χ3n) is 1.52. The molecule has 7 heteroatoms. The van der Waals surface area contributed by atoms with E-state index in [1.165, 1.54) is 12.1 Å². The average molecular weight is 226 g/mol. The molecule has 0 saturated heterocycles. The largest absolute Gasteiger partial charge is 0.478 e. The van der Waals surface area contributed by atoms with Crippen molar-refractivity contribution in [1.29, 1.82) is 0 Å². The fourth-order valence-corrected chi connectivity index (χ4v) is 0.952. The van der Waals surface area contributed by atoms with Crippen LogP contribution in [0.4, 0.5) is 5.69 Å². The number of nitrogens with zero attached hydrogens (tertiary/aromatic N) is 2. The lowest BCUT2D eigenvalue weighted by atomic mass is 10.3. The monoisotopic (exact) mass is 226 g/mol. The zero-order chi connectivity index (χ0) is 12.6. The first-order chi connectivity index (χ1) is 7.56. The molecule has 0 radical (unpaired) electrons. The van der Waals surface area contributed by atoms with Crippen LogP contribution in [-0.4, -0.2) is 22.7 Å². The van der Waals surface area contributed by atoms with Crippen molar-refractivity contribution in [3.63, 3.8) is 0 Å². The highest BCUT2D eigenvalue weighted by molar-refractivity contribution is 5.36. The summed E-state index contributed by atoms with van der Waals surface area (Å²) in [5.41, 5.74) is 0.388. The predicted octanol–water partition coefficient (Wildman–Crippen LogP) is 1.11. The maximum atomic E-state index is 10.4. The average Bonchev–Trinajstić information content (AvgIpc) is 2.18. The summed E-state index contributed by atoms with van der Waals surface area (Å²) in [5, 5.41) is 10.4. The van der Waals surface area contributed by atoms with E-state index in [1.807, 2.05) is 6.92 Å². The van der Waals surface area contributed by atoms with Gasteiger partial charge in [-0.05, 0) is 13.8 Å². The first-order valence-corrected chi connectivity index (χ1v) is 4.30. The Kier molecular flexibility index (Phi) is 6.07. The van der Waals surface area contributed by atoms with E-state index in [0.29, 0.717) is 18.2 Å². The van der Waals surface area contributed by atoms with E-state index < -0.39 is 4.92 Å². The summed E-state index contributed by atoms with van der Waals surface area (Å²) in [5.74, 6) is 0.422. The molecule has 0 aromatic carbocycles. The molecule has 16 heavy (non-hydrogen) atoms. The fraction of sp³-hybridized carbons (Fsp3) is 0.333. The Bertz CT molecular complexity index is 399. The standard InChI is InChI=1S/C8H10N2O3.CO2/c1-3-13-8-5-4-7(10(11)12)6(2)9-8;2-1-3/h4-5H,3H2,1-2H3;. The normalized spacial score (nSPS) is 8.38. The Morgan fingerprint density at radius 1 is 1.50 bits per heavy atom. The first-order valence-electron chi connectivity index (χ1n) is 4.30. The van der Waals surface area contributed by atoms with Crippen LogP contribution < -0.4 is 4.74 Å². The van der Waals surface area contributed by atoms with E-state index in [-0.39, 0.29) is 11.8 Å². The molecule has 0 aliphatic carbocycles. The van der Waals surface area contributed by atoms with Gasteiger partial charge < -0.3 is 4.74 Å². The molecule has 1 aromatic heterocycles.